The number of hydrogen-bond acceptors (Lipinski definition) is 4. The summed E-state index contributed by atoms with van der Waals surface area (Å²) in [5.41, 5.74) is 0. The van der Waals surface area contributed by atoms with Gasteiger partial charge in [-0.25, -0.2) is 0 Å². The van der Waals surface area contributed by atoms with E-state index in [0.717, 1.165) is 0 Å². The standard InChI is InChI=1S/C10H10O4/c11-5-7-13-9-3-1-2-4-10(9)14-8-6-12/h1-6H,7-8H2. The van der Waals surface area contributed by atoms with Crippen LogP contribution in [0.4, 0.5) is 0 Å². The summed E-state index contributed by atoms with van der Waals surface area (Å²) >= 11 is 0. The van der Waals surface area contributed by atoms with Gasteiger partial charge < -0.3 is 9.47 Å². The number of carbonyl (C=O) groups excluding carboxylic acids is 2. The van der Waals surface area contributed by atoms with Crippen molar-refractivity contribution >= 4 is 12.6 Å². The van der Waals surface area contributed by atoms with E-state index in [4.69, 9.17) is 9.47 Å². The fourth-order valence-electron chi connectivity index (χ4n) is 0.936. The molecular weight excluding hydrogens is 184 g/mol. The van der Waals surface area contributed by atoms with Crippen molar-refractivity contribution in [1.82, 2.24) is 0 Å². The molecule has 0 saturated heterocycles. The normalized spacial score (nSPS) is 9.14. The van der Waals surface area contributed by atoms with Gasteiger partial charge in [-0.05, 0) is 12.1 Å². The molecule has 14 heavy (non-hydrogen) atoms. The Morgan fingerprint density at radius 3 is 1.71 bits per heavy atom. The van der Waals surface area contributed by atoms with Gasteiger partial charge in [-0.15, -0.1) is 0 Å². The smallest absolute Gasteiger partial charge is 0.161 e. The third-order valence-electron chi connectivity index (χ3n) is 1.46. The van der Waals surface area contributed by atoms with Gasteiger partial charge in [-0.2, -0.15) is 0 Å². The highest BCUT2D eigenvalue weighted by atomic mass is 16.5. The zero-order valence-electron chi connectivity index (χ0n) is 7.51. The van der Waals surface area contributed by atoms with Crippen LogP contribution in [-0.4, -0.2) is 25.8 Å². The molecule has 0 aromatic heterocycles. The van der Waals surface area contributed by atoms with Crippen molar-refractivity contribution in [2.45, 2.75) is 0 Å². The minimum atomic E-state index is -0.0263. The Kier molecular flexibility index (Phi) is 4.20. The van der Waals surface area contributed by atoms with E-state index in [1.807, 2.05) is 0 Å². The molecule has 0 aliphatic heterocycles. The van der Waals surface area contributed by atoms with E-state index in [1.165, 1.54) is 0 Å². The molecule has 0 atom stereocenters. The molecule has 0 spiro atoms. The maximum atomic E-state index is 10.1. The second-order valence-corrected chi connectivity index (χ2v) is 2.40. The second kappa shape index (κ2) is 5.75. The van der Waals surface area contributed by atoms with Crippen molar-refractivity contribution in [3.63, 3.8) is 0 Å². The summed E-state index contributed by atoms with van der Waals surface area (Å²) < 4.78 is 10.1. The third-order valence-corrected chi connectivity index (χ3v) is 1.46. The van der Waals surface area contributed by atoms with Gasteiger partial charge in [-0.1, -0.05) is 12.1 Å². The van der Waals surface area contributed by atoms with Gasteiger partial charge in [0.25, 0.3) is 0 Å². The maximum Gasteiger partial charge on any atom is 0.161 e. The van der Waals surface area contributed by atoms with Crippen molar-refractivity contribution in [3.8, 4) is 11.5 Å². The minimum Gasteiger partial charge on any atom is -0.482 e. The van der Waals surface area contributed by atoms with Crippen LogP contribution in [0.1, 0.15) is 0 Å². The molecule has 0 heterocycles. The summed E-state index contributed by atoms with van der Waals surface area (Å²) in [5.74, 6) is 0.919. The van der Waals surface area contributed by atoms with Crippen LogP contribution in [-0.2, 0) is 9.59 Å². The molecule has 4 nitrogen and oxygen atoms in total. The number of rotatable bonds is 6. The molecule has 0 fully saturated rings. The fraction of sp³-hybridized carbons (Fsp3) is 0.200. The van der Waals surface area contributed by atoms with Crippen molar-refractivity contribution in [2.24, 2.45) is 0 Å². The Hall–Kier alpha value is -1.84. The number of hydrogen-bond donors (Lipinski definition) is 0. The molecule has 0 bridgehead atoms. The monoisotopic (exact) mass is 194 g/mol. The van der Waals surface area contributed by atoms with E-state index in [-0.39, 0.29) is 13.2 Å². The van der Waals surface area contributed by atoms with Gasteiger partial charge in [0.1, 0.15) is 13.2 Å². The van der Waals surface area contributed by atoms with Crippen LogP contribution < -0.4 is 9.47 Å². The predicted molar refractivity (Wildman–Crippen MR) is 49.6 cm³/mol. The molecule has 0 saturated carbocycles. The summed E-state index contributed by atoms with van der Waals surface area (Å²) in [4.78, 5) is 20.2. The van der Waals surface area contributed by atoms with Crippen LogP contribution in [0.5, 0.6) is 11.5 Å². The minimum absolute atomic E-state index is 0.0263. The zero-order chi connectivity index (χ0) is 10.2. The number of benzene rings is 1. The van der Waals surface area contributed by atoms with Gasteiger partial charge in [0, 0.05) is 0 Å². The molecule has 1 aromatic carbocycles. The van der Waals surface area contributed by atoms with Crippen molar-refractivity contribution in [2.75, 3.05) is 13.2 Å². The highest BCUT2D eigenvalue weighted by Crippen LogP contribution is 2.25. The number of ether oxygens (including phenoxy) is 2. The van der Waals surface area contributed by atoms with E-state index >= 15 is 0 Å². The van der Waals surface area contributed by atoms with Crippen molar-refractivity contribution in [1.29, 1.82) is 0 Å². The van der Waals surface area contributed by atoms with Gasteiger partial charge in [0.2, 0.25) is 0 Å². The first-order chi connectivity index (χ1) is 6.88. The summed E-state index contributed by atoms with van der Waals surface area (Å²) in [5, 5.41) is 0. The molecule has 0 radical (unpaired) electrons. The van der Waals surface area contributed by atoms with Crippen molar-refractivity contribution in [3.05, 3.63) is 24.3 Å². The summed E-state index contributed by atoms with van der Waals surface area (Å²) in [6.07, 6.45) is 1.30. The first-order valence-electron chi connectivity index (χ1n) is 4.10. The molecule has 74 valence electrons. The highest BCUT2D eigenvalue weighted by molar-refractivity contribution is 5.53. The lowest BCUT2D eigenvalue weighted by Crippen LogP contribution is -2.03. The molecule has 0 unspecified atom stereocenters. The molecule has 0 aliphatic rings. The first kappa shape index (κ1) is 10.2. The number of carbonyl (C=O) groups is 2. The van der Waals surface area contributed by atoms with Gasteiger partial charge in [0.15, 0.2) is 24.1 Å². The van der Waals surface area contributed by atoms with Crippen LogP contribution in [0.2, 0.25) is 0 Å². The van der Waals surface area contributed by atoms with E-state index in [0.29, 0.717) is 24.1 Å². The molecule has 0 amide bonds. The Morgan fingerprint density at radius 1 is 0.929 bits per heavy atom. The number of aldehydes is 2. The molecular formula is C10H10O4. The lowest BCUT2D eigenvalue weighted by molar-refractivity contribution is -0.110. The molecule has 4 heteroatoms. The van der Waals surface area contributed by atoms with Crippen LogP contribution in [0.25, 0.3) is 0 Å². The van der Waals surface area contributed by atoms with Gasteiger partial charge in [-0.3, -0.25) is 9.59 Å². The Bertz CT molecular complexity index is 278. The Morgan fingerprint density at radius 2 is 1.36 bits per heavy atom. The SMILES string of the molecule is O=CCOc1ccccc1OCC=O. The molecule has 0 aliphatic carbocycles. The summed E-state index contributed by atoms with van der Waals surface area (Å²) in [7, 11) is 0. The zero-order valence-corrected chi connectivity index (χ0v) is 7.51. The molecule has 1 aromatic rings. The third kappa shape index (κ3) is 2.90. The predicted octanol–water partition coefficient (Wildman–Crippen LogP) is 0.842. The fourth-order valence-corrected chi connectivity index (χ4v) is 0.936. The molecule has 0 N–H and O–H groups in total. The highest BCUT2D eigenvalue weighted by Gasteiger charge is 2.02. The van der Waals surface area contributed by atoms with E-state index in [9.17, 15) is 9.59 Å². The average Bonchev–Trinajstić information content (AvgIpc) is 2.24. The maximum absolute atomic E-state index is 10.1. The van der Waals surface area contributed by atoms with E-state index in [1.54, 1.807) is 24.3 Å². The van der Waals surface area contributed by atoms with E-state index in [2.05, 4.69) is 0 Å². The summed E-state index contributed by atoms with van der Waals surface area (Å²) in [6.45, 7) is -0.0527. The van der Waals surface area contributed by atoms with Crippen LogP contribution in [0.3, 0.4) is 0 Å². The lowest BCUT2D eigenvalue weighted by Gasteiger charge is -2.08. The number of para-hydroxylation sites is 2. The largest absolute Gasteiger partial charge is 0.482 e. The van der Waals surface area contributed by atoms with Crippen LogP contribution in [0.15, 0.2) is 24.3 Å². The van der Waals surface area contributed by atoms with Crippen molar-refractivity contribution < 1.29 is 19.1 Å². The second-order valence-electron chi connectivity index (χ2n) is 2.40. The summed E-state index contributed by atoms with van der Waals surface area (Å²) in [6, 6.07) is 6.86. The molecule has 1 rings (SSSR count). The van der Waals surface area contributed by atoms with Gasteiger partial charge >= 0.3 is 0 Å². The Balaban J connectivity index is 2.68. The van der Waals surface area contributed by atoms with Gasteiger partial charge in [0.05, 0.1) is 0 Å². The Labute approximate surface area is 81.4 Å². The quantitative estimate of drug-likeness (QED) is 0.630. The topological polar surface area (TPSA) is 52.6 Å². The lowest BCUT2D eigenvalue weighted by atomic mass is 10.3. The van der Waals surface area contributed by atoms with Crippen LogP contribution in [0, 0.1) is 0 Å². The van der Waals surface area contributed by atoms with E-state index < -0.39 is 0 Å². The first-order valence-corrected chi connectivity index (χ1v) is 4.10. The average molecular weight is 194 g/mol. The van der Waals surface area contributed by atoms with Crippen LogP contribution >= 0.6 is 0 Å².